The van der Waals surface area contributed by atoms with E-state index in [9.17, 15) is 4.79 Å². The SMILES string of the molecule is CSc1ccc(CC(=O)NCCCO)cc1. The van der Waals surface area contributed by atoms with E-state index < -0.39 is 0 Å². The maximum Gasteiger partial charge on any atom is 0.224 e. The lowest BCUT2D eigenvalue weighted by molar-refractivity contribution is -0.120. The maximum absolute atomic E-state index is 11.4. The number of carbonyl (C=O) groups excluding carboxylic acids is 1. The highest BCUT2D eigenvalue weighted by molar-refractivity contribution is 7.98. The molecule has 3 nitrogen and oxygen atoms in total. The van der Waals surface area contributed by atoms with Crippen molar-refractivity contribution < 1.29 is 9.90 Å². The molecule has 0 aliphatic rings. The Morgan fingerprint density at radius 2 is 2.06 bits per heavy atom. The summed E-state index contributed by atoms with van der Waals surface area (Å²) in [6, 6.07) is 7.97. The molecule has 0 aliphatic carbocycles. The third kappa shape index (κ3) is 4.68. The number of aliphatic hydroxyl groups is 1. The minimum Gasteiger partial charge on any atom is -0.396 e. The van der Waals surface area contributed by atoms with Crippen LogP contribution < -0.4 is 5.32 Å². The molecule has 1 amide bonds. The second-order valence-electron chi connectivity index (χ2n) is 3.45. The zero-order valence-corrected chi connectivity index (χ0v) is 10.2. The van der Waals surface area contributed by atoms with Crippen LogP contribution in [0.3, 0.4) is 0 Å². The van der Waals surface area contributed by atoms with Gasteiger partial charge in [-0.25, -0.2) is 0 Å². The smallest absolute Gasteiger partial charge is 0.224 e. The molecule has 0 unspecified atom stereocenters. The van der Waals surface area contributed by atoms with Crippen molar-refractivity contribution in [3.05, 3.63) is 29.8 Å². The van der Waals surface area contributed by atoms with Gasteiger partial charge in [-0.15, -0.1) is 11.8 Å². The van der Waals surface area contributed by atoms with Crippen LogP contribution in [0.4, 0.5) is 0 Å². The molecule has 4 heteroatoms. The number of hydrogen-bond acceptors (Lipinski definition) is 3. The molecular formula is C12H17NO2S. The number of carbonyl (C=O) groups is 1. The van der Waals surface area contributed by atoms with Gasteiger partial charge in [-0.1, -0.05) is 12.1 Å². The summed E-state index contributed by atoms with van der Waals surface area (Å²) in [5.74, 6) is 0.00496. The first-order valence-electron chi connectivity index (χ1n) is 5.26. The van der Waals surface area contributed by atoms with Crippen molar-refractivity contribution in [2.24, 2.45) is 0 Å². The van der Waals surface area contributed by atoms with Crippen molar-refractivity contribution in [2.75, 3.05) is 19.4 Å². The van der Waals surface area contributed by atoms with Gasteiger partial charge in [0, 0.05) is 18.0 Å². The van der Waals surface area contributed by atoms with Gasteiger partial charge in [0.15, 0.2) is 0 Å². The quantitative estimate of drug-likeness (QED) is 0.583. The highest BCUT2D eigenvalue weighted by Gasteiger charge is 2.02. The number of hydrogen-bond donors (Lipinski definition) is 2. The monoisotopic (exact) mass is 239 g/mol. The second kappa shape index (κ2) is 7.30. The first-order valence-corrected chi connectivity index (χ1v) is 6.49. The molecule has 1 rings (SSSR count). The summed E-state index contributed by atoms with van der Waals surface area (Å²) < 4.78 is 0. The topological polar surface area (TPSA) is 49.3 Å². The Kier molecular flexibility index (Phi) is 5.96. The summed E-state index contributed by atoms with van der Waals surface area (Å²) in [6.07, 6.45) is 3.04. The Morgan fingerprint density at radius 3 is 2.62 bits per heavy atom. The van der Waals surface area contributed by atoms with Gasteiger partial charge in [-0.2, -0.15) is 0 Å². The summed E-state index contributed by atoms with van der Waals surface area (Å²) in [4.78, 5) is 12.6. The lowest BCUT2D eigenvalue weighted by atomic mass is 10.1. The Morgan fingerprint density at radius 1 is 1.38 bits per heavy atom. The average molecular weight is 239 g/mol. The maximum atomic E-state index is 11.4. The molecule has 0 aliphatic heterocycles. The molecule has 0 saturated heterocycles. The molecule has 1 aromatic carbocycles. The van der Waals surface area contributed by atoms with Crippen molar-refractivity contribution in [2.45, 2.75) is 17.7 Å². The third-order valence-corrected chi connectivity index (χ3v) is 2.92. The number of rotatable bonds is 6. The van der Waals surface area contributed by atoms with E-state index >= 15 is 0 Å². The number of benzene rings is 1. The van der Waals surface area contributed by atoms with E-state index in [0.717, 1.165) is 5.56 Å². The normalized spacial score (nSPS) is 10.1. The summed E-state index contributed by atoms with van der Waals surface area (Å²) in [7, 11) is 0. The van der Waals surface area contributed by atoms with Gasteiger partial charge in [0.05, 0.1) is 6.42 Å². The minimum atomic E-state index is 0.00496. The molecule has 0 atom stereocenters. The largest absolute Gasteiger partial charge is 0.396 e. The molecule has 88 valence electrons. The zero-order valence-electron chi connectivity index (χ0n) is 9.40. The van der Waals surface area contributed by atoms with Crippen LogP contribution in [-0.4, -0.2) is 30.4 Å². The first-order chi connectivity index (χ1) is 7.76. The van der Waals surface area contributed by atoms with Crippen LogP contribution in [-0.2, 0) is 11.2 Å². The first kappa shape index (κ1) is 13.1. The van der Waals surface area contributed by atoms with Crippen molar-refractivity contribution in [1.29, 1.82) is 0 Å². The predicted octanol–water partition coefficient (Wildman–Crippen LogP) is 1.45. The van der Waals surface area contributed by atoms with Gasteiger partial charge in [0.25, 0.3) is 0 Å². The molecule has 0 bridgehead atoms. The van der Waals surface area contributed by atoms with Crippen molar-refractivity contribution in [1.82, 2.24) is 5.32 Å². The summed E-state index contributed by atoms with van der Waals surface area (Å²) in [5.41, 5.74) is 1.01. The van der Waals surface area contributed by atoms with Gasteiger partial charge < -0.3 is 10.4 Å². The Labute approximate surface area is 100 Å². The number of thioether (sulfide) groups is 1. The van der Waals surface area contributed by atoms with Crippen LogP contribution in [0.2, 0.25) is 0 Å². The number of aliphatic hydroxyl groups excluding tert-OH is 1. The van der Waals surface area contributed by atoms with Crippen molar-refractivity contribution in [3.63, 3.8) is 0 Å². The molecule has 0 saturated carbocycles. The summed E-state index contributed by atoms with van der Waals surface area (Å²) >= 11 is 1.68. The lowest BCUT2D eigenvalue weighted by Gasteiger charge is -2.04. The fraction of sp³-hybridized carbons (Fsp3) is 0.417. The molecular weight excluding hydrogens is 222 g/mol. The van der Waals surface area contributed by atoms with E-state index in [2.05, 4.69) is 5.32 Å². The molecule has 1 aromatic rings. The van der Waals surface area contributed by atoms with Crippen molar-refractivity contribution in [3.8, 4) is 0 Å². The third-order valence-electron chi connectivity index (χ3n) is 2.18. The standard InChI is InChI=1S/C12H17NO2S/c1-16-11-5-3-10(4-6-11)9-12(15)13-7-2-8-14/h3-6,14H,2,7-9H2,1H3,(H,13,15). The van der Waals surface area contributed by atoms with Crippen LogP contribution in [0.25, 0.3) is 0 Å². The van der Waals surface area contributed by atoms with E-state index in [1.165, 1.54) is 4.90 Å². The van der Waals surface area contributed by atoms with E-state index in [4.69, 9.17) is 5.11 Å². The molecule has 0 spiro atoms. The van der Waals surface area contributed by atoms with E-state index in [0.29, 0.717) is 19.4 Å². The van der Waals surface area contributed by atoms with Crippen LogP contribution in [0.5, 0.6) is 0 Å². The zero-order chi connectivity index (χ0) is 11.8. The van der Waals surface area contributed by atoms with Gasteiger partial charge in [0.1, 0.15) is 0 Å². The Balaban J connectivity index is 2.37. The Hall–Kier alpha value is -1.00. The highest BCUT2D eigenvalue weighted by Crippen LogP contribution is 2.14. The molecule has 0 heterocycles. The minimum absolute atomic E-state index is 0.00496. The van der Waals surface area contributed by atoms with Gasteiger partial charge in [-0.3, -0.25) is 4.79 Å². The fourth-order valence-electron chi connectivity index (χ4n) is 1.30. The van der Waals surface area contributed by atoms with Crippen LogP contribution >= 0.6 is 11.8 Å². The molecule has 16 heavy (non-hydrogen) atoms. The average Bonchev–Trinajstić information content (AvgIpc) is 2.30. The fourth-order valence-corrected chi connectivity index (χ4v) is 1.71. The lowest BCUT2D eigenvalue weighted by Crippen LogP contribution is -2.26. The summed E-state index contributed by atoms with van der Waals surface area (Å²) in [6.45, 7) is 0.654. The van der Waals surface area contributed by atoms with Crippen LogP contribution in [0, 0.1) is 0 Å². The van der Waals surface area contributed by atoms with Crippen LogP contribution in [0.15, 0.2) is 29.2 Å². The van der Waals surface area contributed by atoms with Crippen LogP contribution in [0.1, 0.15) is 12.0 Å². The van der Waals surface area contributed by atoms with Crippen molar-refractivity contribution >= 4 is 17.7 Å². The van der Waals surface area contributed by atoms with Gasteiger partial charge in [0.2, 0.25) is 5.91 Å². The molecule has 0 aromatic heterocycles. The van der Waals surface area contributed by atoms with E-state index in [1.54, 1.807) is 11.8 Å². The second-order valence-corrected chi connectivity index (χ2v) is 4.33. The summed E-state index contributed by atoms with van der Waals surface area (Å²) in [5, 5.41) is 11.3. The number of amides is 1. The molecule has 0 radical (unpaired) electrons. The predicted molar refractivity (Wildman–Crippen MR) is 66.6 cm³/mol. The van der Waals surface area contributed by atoms with Gasteiger partial charge >= 0.3 is 0 Å². The molecule has 2 N–H and O–H groups in total. The Bertz CT molecular complexity index is 324. The molecule has 0 fully saturated rings. The highest BCUT2D eigenvalue weighted by atomic mass is 32.2. The van der Waals surface area contributed by atoms with E-state index in [1.807, 2.05) is 30.5 Å². The number of nitrogens with one attached hydrogen (secondary N) is 1. The van der Waals surface area contributed by atoms with Gasteiger partial charge in [-0.05, 0) is 30.4 Å². The van der Waals surface area contributed by atoms with E-state index in [-0.39, 0.29) is 12.5 Å².